The predicted molar refractivity (Wildman–Crippen MR) is 24.5 cm³/mol. The topological polar surface area (TPSA) is 29.5 Å². The van der Waals surface area contributed by atoms with Gasteiger partial charge in [0.25, 0.3) is 0 Å². The van der Waals surface area contributed by atoms with Gasteiger partial charge < -0.3 is 9.64 Å². The number of carbonyl (C=O) groups is 1. The van der Waals surface area contributed by atoms with Gasteiger partial charge in [-0.2, -0.15) is 0 Å². The number of rotatable bonds is 0. The lowest BCUT2D eigenvalue weighted by molar-refractivity contribution is 0.154. The maximum Gasteiger partial charge on any atom is 0.409 e. The van der Waals surface area contributed by atoms with Crippen LogP contribution in [-0.4, -0.2) is 25.1 Å². The third kappa shape index (κ3) is 2.03. The highest BCUT2D eigenvalue weighted by molar-refractivity contribution is 5.66. The standard InChI is InChI=1S/C4H7NO2/c1-5(2)4(6)7-3/h3H,1-2H3. The zero-order valence-electron chi connectivity index (χ0n) is 4.34. The van der Waals surface area contributed by atoms with Crippen LogP contribution in [0.5, 0.6) is 0 Å². The summed E-state index contributed by atoms with van der Waals surface area (Å²) in [4.78, 5) is 11.3. The van der Waals surface area contributed by atoms with Gasteiger partial charge in [0, 0.05) is 14.1 Å². The smallest absolute Gasteiger partial charge is 0.409 e. The molecule has 0 aliphatic rings. The highest BCUT2D eigenvalue weighted by atomic mass is 16.5. The van der Waals surface area contributed by atoms with Crippen molar-refractivity contribution >= 4 is 6.09 Å². The van der Waals surface area contributed by atoms with Crippen LogP contribution in [0.2, 0.25) is 0 Å². The Kier molecular flexibility index (Phi) is 2.19. The van der Waals surface area contributed by atoms with E-state index in [2.05, 4.69) is 11.8 Å². The molecule has 0 heterocycles. The first kappa shape index (κ1) is 6.27. The van der Waals surface area contributed by atoms with Crippen molar-refractivity contribution in [1.29, 1.82) is 0 Å². The largest absolute Gasteiger partial charge is 0.438 e. The molecule has 2 radical (unpaired) electrons. The molecule has 0 bridgehead atoms. The summed E-state index contributed by atoms with van der Waals surface area (Å²) in [5.41, 5.74) is 0. The Morgan fingerprint density at radius 3 is 2.14 bits per heavy atom. The molecule has 3 heteroatoms. The van der Waals surface area contributed by atoms with Crippen molar-refractivity contribution in [3.63, 3.8) is 0 Å². The minimum atomic E-state index is -0.542. The van der Waals surface area contributed by atoms with Crippen molar-refractivity contribution in [3.8, 4) is 0 Å². The van der Waals surface area contributed by atoms with Gasteiger partial charge in [-0.3, -0.25) is 0 Å². The second kappa shape index (κ2) is 2.44. The van der Waals surface area contributed by atoms with Crippen LogP contribution in [-0.2, 0) is 4.74 Å². The van der Waals surface area contributed by atoms with Crippen LogP contribution in [0, 0.1) is 7.11 Å². The fourth-order valence-corrected chi connectivity index (χ4v) is 0.105. The number of nitrogens with zero attached hydrogens (tertiary/aromatic N) is 1. The molecule has 0 rings (SSSR count). The van der Waals surface area contributed by atoms with Crippen molar-refractivity contribution in [2.45, 2.75) is 0 Å². The Hall–Kier alpha value is -0.730. The van der Waals surface area contributed by atoms with Crippen LogP contribution in [0.3, 0.4) is 0 Å². The third-order valence-electron chi connectivity index (χ3n) is 0.466. The third-order valence-corrected chi connectivity index (χ3v) is 0.466. The zero-order chi connectivity index (χ0) is 5.86. The van der Waals surface area contributed by atoms with E-state index in [0.717, 1.165) is 0 Å². The molecule has 0 aromatic carbocycles. The van der Waals surface area contributed by atoms with Gasteiger partial charge in [0.1, 0.15) is 0 Å². The first-order valence-electron chi connectivity index (χ1n) is 1.76. The number of carbonyl (C=O) groups excluding carboxylic acids is 1. The molecule has 1 amide bonds. The van der Waals surface area contributed by atoms with Gasteiger partial charge in [0.05, 0.1) is 0 Å². The van der Waals surface area contributed by atoms with Gasteiger partial charge in [-0.1, -0.05) is 0 Å². The molecule has 0 unspecified atom stereocenters. The summed E-state index contributed by atoms with van der Waals surface area (Å²) in [6, 6.07) is 0. The van der Waals surface area contributed by atoms with Gasteiger partial charge in [0.15, 0.2) is 7.11 Å². The van der Waals surface area contributed by atoms with E-state index in [1.54, 1.807) is 14.1 Å². The molecule has 0 N–H and O–H groups in total. The summed E-state index contributed by atoms with van der Waals surface area (Å²) < 4.78 is 3.80. The van der Waals surface area contributed by atoms with Crippen LogP contribution in [0.25, 0.3) is 0 Å². The van der Waals surface area contributed by atoms with Crippen LogP contribution >= 0.6 is 0 Å². The van der Waals surface area contributed by atoms with E-state index < -0.39 is 6.09 Å². The lowest BCUT2D eigenvalue weighted by atomic mass is 10.9. The minimum Gasteiger partial charge on any atom is -0.438 e. The summed E-state index contributed by atoms with van der Waals surface area (Å²) in [6.45, 7) is 0. The summed E-state index contributed by atoms with van der Waals surface area (Å²) in [5.74, 6) is 0. The van der Waals surface area contributed by atoms with Gasteiger partial charge in [0.2, 0.25) is 0 Å². The van der Waals surface area contributed by atoms with Gasteiger partial charge in [-0.25, -0.2) is 4.79 Å². The highest BCUT2D eigenvalue weighted by Gasteiger charge is 1.97. The SMILES string of the molecule is [CH]OC(=O)N(C)C. The number of hydrogen-bond donors (Lipinski definition) is 0. The normalized spacial score (nSPS) is 7.86. The van der Waals surface area contributed by atoms with Crippen molar-refractivity contribution in [3.05, 3.63) is 7.11 Å². The second-order valence-corrected chi connectivity index (χ2v) is 1.28. The Morgan fingerprint density at radius 1 is 1.71 bits per heavy atom. The van der Waals surface area contributed by atoms with Gasteiger partial charge >= 0.3 is 6.09 Å². The zero-order valence-corrected chi connectivity index (χ0v) is 4.34. The monoisotopic (exact) mass is 101 g/mol. The first-order chi connectivity index (χ1) is 3.18. The average molecular weight is 101 g/mol. The molecular weight excluding hydrogens is 94.0 g/mol. The maximum absolute atomic E-state index is 10.1. The summed E-state index contributed by atoms with van der Waals surface area (Å²) in [7, 11) is 7.58. The fourth-order valence-electron chi connectivity index (χ4n) is 0.105. The molecule has 0 atom stereocenters. The summed E-state index contributed by atoms with van der Waals surface area (Å²) in [5, 5.41) is 0. The number of amides is 1. The Morgan fingerprint density at radius 2 is 2.14 bits per heavy atom. The van der Waals surface area contributed by atoms with E-state index >= 15 is 0 Å². The first-order valence-corrected chi connectivity index (χ1v) is 1.76. The van der Waals surface area contributed by atoms with Crippen molar-refractivity contribution in [2.24, 2.45) is 0 Å². The lowest BCUT2D eigenvalue weighted by Crippen LogP contribution is -2.20. The molecule has 0 aromatic rings. The Balaban J connectivity index is 3.35. The molecule has 7 heavy (non-hydrogen) atoms. The highest BCUT2D eigenvalue weighted by Crippen LogP contribution is 1.79. The van der Waals surface area contributed by atoms with Crippen molar-refractivity contribution in [2.75, 3.05) is 14.1 Å². The van der Waals surface area contributed by atoms with Crippen LogP contribution in [0.4, 0.5) is 4.79 Å². The van der Waals surface area contributed by atoms with E-state index in [0.29, 0.717) is 0 Å². The van der Waals surface area contributed by atoms with Gasteiger partial charge in [-0.05, 0) is 0 Å². The molecule has 0 aliphatic heterocycles. The van der Waals surface area contributed by atoms with Crippen LogP contribution in [0.1, 0.15) is 0 Å². The van der Waals surface area contributed by atoms with Crippen molar-refractivity contribution < 1.29 is 9.53 Å². The molecule has 0 spiro atoms. The van der Waals surface area contributed by atoms with E-state index in [4.69, 9.17) is 0 Å². The quantitative estimate of drug-likeness (QED) is 0.440. The molecule has 0 aromatic heterocycles. The van der Waals surface area contributed by atoms with E-state index in [1.165, 1.54) is 4.90 Å². The van der Waals surface area contributed by atoms with E-state index in [9.17, 15) is 4.79 Å². The average Bonchev–Trinajstić information content (AvgIpc) is 1.65. The number of ether oxygens (including phenoxy) is 1. The molecule has 0 fully saturated rings. The number of hydrogen-bond acceptors (Lipinski definition) is 2. The Bertz CT molecular complexity index is 70.1. The molecule has 3 nitrogen and oxygen atoms in total. The lowest BCUT2D eigenvalue weighted by Gasteiger charge is -2.04. The van der Waals surface area contributed by atoms with Crippen molar-refractivity contribution in [1.82, 2.24) is 4.90 Å². The summed E-state index contributed by atoms with van der Waals surface area (Å²) >= 11 is 0. The summed E-state index contributed by atoms with van der Waals surface area (Å²) in [6.07, 6.45) is -0.542. The molecule has 0 saturated heterocycles. The Labute approximate surface area is 42.9 Å². The van der Waals surface area contributed by atoms with Gasteiger partial charge in [-0.15, -0.1) is 0 Å². The minimum absolute atomic E-state index is 0.542. The van der Waals surface area contributed by atoms with Crippen LogP contribution < -0.4 is 0 Å². The molecular formula is C4H7NO2. The maximum atomic E-state index is 10.1. The predicted octanol–water partition coefficient (Wildman–Crippen LogP) is 0.353. The molecule has 40 valence electrons. The van der Waals surface area contributed by atoms with E-state index in [1.807, 2.05) is 0 Å². The second-order valence-electron chi connectivity index (χ2n) is 1.28. The molecule has 0 saturated carbocycles. The van der Waals surface area contributed by atoms with E-state index in [-0.39, 0.29) is 0 Å². The molecule has 0 aliphatic carbocycles. The van der Waals surface area contributed by atoms with Crippen LogP contribution in [0.15, 0.2) is 0 Å². The fraction of sp³-hybridized carbons (Fsp3) is 0.500.